The lowest BCUT2D eigenvalue weighted by Crippen LogP contribution is -2.69. The Morgan fingerprint density at radius 1 is 1.37 bits per heavy atom. The number of hydrogen-bond donors (Lipinski definition) is 1. The van der Waals surface area contributed by atoms with Crippen molar-refractivity contribution in [3.63, 3.8) is 0 Å². The fraction of sp³-hybridized carbons (Fsp3) is 0.870. The van der Waals surface area contributed by atoms with Crippen LogP contribution in [0.5, 0.6) is 0 Å². The Bertz CT molecular complexity index is 857. The van der Waals surface area contributed by atoms with Crippen molar-refractivity contribution in [2.24, 2.45) is 23.2 Å². The largest absolute Gasteiger partial charge is 0.455 e. The highest BCUT2D eigenvalue weighted by atomic mass is 79.9. The standard InChI is InChI=1S/C23H31BrO6/c1-11(2)22-18(30-22)15-8-20(15)21(26)6-5-12(3)13(10-27-4)14(21)7-16-23(20,29-16)19(22)28-17(25)9-24/h11,14-16,18-19,26H,5-10H2,1-4H3. The van der Waals surface area contributed by atoms with Gasteiger partial charge in [-0.15, -0.1) is 0 Å². The van der Waals surface area contributed by atoms with Crippen LogP contribution in [0.4, 0.5) is 0 Å². The van der Waals surface area contributed by atoms with E-state index in [1.807, 2.05) is 0 Å². The number of carbonyl (C=O) groups excluding carboxylic acids is 1. The van der Waals surface area contributed by atoms with Gasteiger partial charge in [0, 0.05) is 24.4 Å². The van der Waals surface area contributed by atoms with Crippen molar-refractivity contribution >= 4 is 21.9 Å². The molecule has 6 nitrogen and oxygen atoms in total. The average Bonchev–Trinajstić information content (AvgIpc) is 3.57. The minimum Gasteiger partial charge on any atom is -0.455 e. The molecule has 166 valence electrons. The second-order valence-corrected chi connectivity index (χ2v) is 11.2. The van der Waals surface area contributed by atoms with E-state index < -0.39 is 28.3 Å². The van der Waals surface area contributed by atoms with Crippen molar-refractivity contribution in [2.75, 3.05) is 19.0 Å². The first-order chi connectivity index (χ1) is 14.2. The number of rotatable bonds is 5. The summed E-state index contributed by atoms with van der Waals surface area (Å²) in [5.74, 6) is 0.215. The second-order valence-electron chi connectivity index (χ2n) is 10.7. The summed E-state index contributed by atoms with van der Waals surface area (Å²) < 4.78 is 24.6. The van der Waals surface area contributed by atoms with E-state index in [4.69, 9.17) is 18.9 Å². The highest BCUT2D eigenvalue weighted by Crippen LogP contribution is 2.87. The van der Waals surface area contributed by atoms with Crippen LogP contribution >= 0.6 is 15.9 Å². The summed E-state index contributed by atoms with van der Waals surface area (Å²) in [7, 11) is 1.72. The van der Waals surface area contributed by atoms with Crippen molar-refractivity contribution in [1.82, 2.24) is 0 Å². The number of halogens is 1. The Hall–Kier alpha value is -0.470. The molecule has 5 fully saturated rings. The Morgan fingerprint density at radius 2 is 2.13 bits per heavy atom. The molecule has 2 aliphatic heterocycles. The monoisotopic (exact) mass is 482 g/mol. The SMILES string of the molecule is COCC1=C(C)CCC2(O)C1CC1OC13C(OC(=O)CBr)C1(C(C)C)OC1C1CC123. The molecule has 6 rings (SSSR count). The van der Waals surface area contributed by atoms with Crippen LogP contribution in [0.15, 0.2) is 11.1 Å². The van der Waals surface area contributed by atoms with Gasteiger partial charge in [0.05, 0.1) is 24.4 Å². The molecule has 7 heteroatoms. The number of allylic oxidation sites excluding steroid dienone is 1. The van der Waals surface area contributed by atoms with E-state index in [0.29, 0.717) is 6.61 Å². The molecule has 2 saturated heterocycles. The molecule has 0 aromatic carbocycles. The molecule has 2 spiro atoms. The van der Waals surface area contributed by atoms with Gasteiger partial charge in [-0.05, 0) is 44.1 Å². The van der Waals surface area contributed by atoms with Crippen LogP contribution in [0, 0.1) is 23.2 Å². The summed E-state index contributed by atoms with van der Waals surface area (Å²) in [5, 5.41) is 12.5. The quantitative estimate of drug-likeness (QED) is 0.281. The molecular weight excluding hydrogens is 452 g/mol. The van der Waals surface area contributed by atoms with Crippen LogP contribution in [0.3, 0.4) is 0 Å². The number of esters is 1. The molecule has 6 aliphatic rings. The predicted octanol–water partition coefficient (Wildman–Crippen LogP) is 2.75. The van der Waals surface area contributed by atoms with Gasteiger partial charge >= 0.3 is 5.97 Å². The summed E-state index contributed by atoms with van der Waals surface area (Å²) in [6.07, 6.45) is 2.78. The van der Waals surface area contributed by atoms with Gasteiger partial charge in [0.15, 0.2) is 6.10 Å². The number of hydrogen-bond acceptors (Lipinski definition) is 6. The van der Waals surface area contributed by atoms with E-state index in [1.54, 1.807) is 7.11 Å². The van der Waals surface area contributed by atoms with Crippen LogP contribution in [0.2, 0.25) is 0 Å². The lowest BCUT2D eigenvalue weighted by Gasteiger charge is -2.55. The molecule has 3 saturated carbocycles. The smallest absolute Gasteiger partial charge is 0.317 e. The topological polar surface area (TPSA) is 80.8 Å². The van der Waals surface area contributed by atoms with Gasteiger partial charge in [0.2, 0.25) is 0 Å². The van der Waals surface area contributed by atoms with Crippen molar-refractivity contribution in [1.29, 1.82) is 0 Å². The molecule has 30 heavy (non-hydrogen) atoms. The van der Waals surface area contributed by atoms with Crippen molar-refractivity contribution in [3.8, 4) is 0 Å². The predicted molar refractivity (Wildman–Crippen MR) is 111 cm³/mol. The molecule has 0 aromatic rings. The van der Waals surface area contributed by atoms with Gasteiger partial charge in [-0.3, -0.25) is 4.79 Å². The average molecular weight is 483 g/mol. The molecule has 0 amide bonds. The summed E-state index contributed by atoms with van der Waals surface area (Å²) in [6, 6.07) is 0. The Morgan fingerprint density at radius 3 is 2.80 bits per heavy atom. The molecule has 1 N–H and O–H groups in total. The van der Waals surface area contributed by atoms with Crippen LogP contribution < -0.4 is 0 Å². The van der Waals surface area contributed by atoms with E-state index in [-0.39, 0.29) is 41.3 Å². The maximum atomic E-state index is 12.4. The van der Waals surface area contributed by atoms with E-state index in [1.165, 1.54) is 11.1 Å². The fourth-order valence-corrected chi connectivity index (χ4v) is 8.35. The summed E-state index contributed by atoms with van der Waals surface area (Å²) in [4.78, 5) is 12.4. The first kappa shape index (κ1) is 20.2. The van der Waals surface area contributed by atoms with Crippen molar-refractivity contribution in [2.45, 2.75) is 81.6 Å². The number of epoxide rings is 2. The Balaban J connectivity index is 1.47. The number of ether oxygens (including phenoxy) is 4. The zero-order chi connectivity index (χ0) is 21.3. The first-order valence-corrected chi connectivity index (χ1v) is 12.4. The van der Waals surface area contributed by atoms with Gasteiger partial charge < -0.3 is 24.1 Å². The van der Waals surface area contributed by atoms with Crippen LogP contribution in [-0.4, -0.2) is 65.2 Å². The van der Waals surface area contributed by atoms with Crippen molar-refractivity contribution < 1.29 is 28.8 Å². The molecule has 9 unspecified atom stereocenters. The third-order valence-corrected chi connectivity index (χ3v) is 10.0. The Labute approximate surface area is 185 Å². The maximum absolute atomic E-state index is 12.4. The lowest BCUT2D eigenvalue weighted by atomic mass is 9.50. The number of aliphatic hydroxyl groups is 1. The molecule has 0 bridgehead atoms. The normalized spacial score (nSPS) is 54.4. The van der Waals surface area contributed by atoms with Crippen LogP contribution in [-0.2, 0) is 23.7 Å². The van der Waals surface area contributed by atoms with E-state index in [0.717, 1.165) is 25.7 Å². The van der Waals surface area contributed by atoms with Gasteiger partial charge in [0.25, 0.3) is 0 Å². The van der Waals surface area contributed by atoms with Crippen LogP contribution in [0.25, 0.3) is 0 Å². The zero-order valence-corrected chi connectivity index (χ0v) is 19.7. The summed E-state index contributed by atoms with van der Waals surface area (Å²) in [5.41, 5.74) is 0.195. The molecule has 2 heterocycles. The minimum atomic E-state index is -0.869. The van der Waals surface area contributed by atoms with Gasteiger partial charge in [-0.25, -0.2) is 0 Å². The van der Waals surface area contributed by atoms with Crippen molar-refractivity contribution in [3.05, 3.63) is 11.1 Å². The van der Waals surface area contributed by atoms with Gasteiger partial charge in [0.1, 0.15) is 16.5 Å². The minimum absolute atomic E-state index is 0.0144. The van der Waals surface area contributed by atoms with Gasteiger partial charge in [-0.2, -0.15) is 0 Å². The summed E-state index contributed by atoms with van der Waals surface area (Å²) in [6.45, 7) is 7.00. The number of methoxy groups -OCH3 is 1. The molecule has 0 radical (unpaired) electrons. The zero-order valence-electron chi connectivity index (χ0n) is 18.1. The second kappa shape index (κ2) is 5.90. The lowest BCUT2D eigenvalue weighted by molar-refractivity contribution is -0.187. The maximum Gasteiger partial charge on any atom is 0.317 e. The van der Waals surface area contributed by atoms with E-state index in [9.17, 15) is 9.90 Å². The molecule has 4 aliphatic carbocycles. The molecule has 0 aromatic heterocycles. The van der Waals surface area contributed by atoms with E-state index in [2.05, 4.69) is 36.7 Å². The Kier molecular flexibility index (Phi) is 3.97. The highest BCUT2D eigenvalue weighted by Gasteiger charge is 2.99. The highest BCUT2D eigenvalue weighted by molar-refractivity contribution is 9.09. The number of fused-ring (bicyclic) bond motifs is 3. The third kappa shape index (κ3) is 1.96. The molecular formula is C23H31BrO6. The third-order valence-electron chi connectivity index (χ3n) is 9.56. The number of alkyl halides is 1. The summed E-state index contributed by atoms with van der Waals surface area (Å²) >= 11 is 3.25. The molecule has 9 atom stereocenters. The number of carbonyl (C=O) groups is 1. The van der Waals surface area contributed by atoms with Crippen LogP contribution in [0.1, 0.15) is 46.5 Å². The van der Waals surface area contributed by atoms with E-state index >= 15 is 0 Å². The van der Waals surface area contributed by atoms with Gasteiger partial charge in [-0.1, -0.05) is 35.4 Å². The fourth-order valence-electron chi connectivity index (χ4n) is 8.22. The first-order valence-electron chi connectivity index (χ1n) is 11.3.